The van der Waals surface area contributed by atoms with E-state index in [1.807, 2.05) is 6.07 Å². The van der Waals surface area contributed by atoms with Crippen molar-refractivity contribution in [3.8, 4) is 5.88 Å². The van der Waals surface area contributed by atoms with E-state index in [0.717, 1.165) is 11.1 Å². The summed E-state index contributed by atoms with van der Waals surface area (Å²) in [5.41, 5.74) is 1.56. The van der Waals surface area contributed by atoms with Crippen LogP contribution in [0.15, 0.2) is 32.5 Å². The van der Waals surface area contributed by atoms with Crippen LogP contribution in [-0.4, -0.2) is 21.3 Å². The average molecular weight is 229 g/mol. The molecule has 0 saturated heterocycles. The SMILES string of the molecule is O=c1[nH]c(O)c(C=C2C=Nc3ncccc32)o1. The lowest BCUT2D eigenvalue weighted by molar-refractivity contribution is 0.443. The number of nitrogens with one attached hydrogen (secondary N) is 1. The number of aromatic hydroxyl groups is 1. The van der Waals surface area contributed by atoms with Crippen molar-refractivity contribution in [3.63, 3.8) is 0 Å². The number of oxazole rings is 1. The van der Waals surface area contributed by atoms with E-state index >= 15 is 0 Å². The van der Waals surface area contributed by atoms with Gasteiger partial charge in [-0.05, 0) is 18.2 Å². The minimum atomic E-state index is -0.698. The van der Waals surface area contributed by atoms with E-state index in [1.165, 1.54) is 6.08 Å². The molecule has 6 heteroatoms. The van der Waals surface area contributed by atoms with Gasteiger partial charge in [0.25, 0.3) is 0 Å². The predicted octanol–water partition coefficient (Wildman–Crippen LogP) is 1.32. The molecule has 0 radical (unpaired) electrons. The third-order valence-corrected chi connectivity index (χ3v) is 2.37. The maximum atomic E-state index is 10.9. The summed E-state index contributed by atoms with van der Waals surface area (Å²) in [5, 5.41) is 9.39. The number of allylic oxidation sites excluding steroid dienone is 1. The van der Waals surface area contributed by atoms with Gasteiger partial charge in [-0.3, -0.25) is 4.98 Å². The molecule has 84 valence electrons. The first-order chi connectivity index (χ1) is 8.24. The quantitative estimate of drug-likeness (QED) is 0.771. The topological polar surface area (TPSA) is 91.5 Å². The highest BCUT2D eigenvalue weighted by atomic mass is 16.4. The molecule has 0 spiro atoms. The largest absolute Gasteiger partial charge is 0.492 e. The molecule has 0 atom stereocenters. The van der Waals surface area contributed by atoms with Gasteiger partial charge in [-0.15, -0.1) is 0 Å². The van der Waals surface area contributed by atoms with Crippen molar-refractivity contribution in [2.45, 2.75) is 0 Å². The number of aromatic amines is 1. The smallest absolute Gasteiger partial charge is 0.419 e. The fourth-order valence-corrected chi connectivity index (χ4v) is 1.61. The number of aliphatic imine (C=N–C) groups is 1. The maximum Gasteiger partial charge on any atom is 0.419 e. The molecule has 2 aromatic heterocycles. The molecule has 0 unspecified atom stereocenters. The third-order valence-electron chi connectivity index (χ3n) is 2.37. The Morgan fingerprint density at radius 1 is 1.47 bits per heavy atom. The van der Waals surface area contributed by atoms with Crippen LogP contribution in [0.2, 0.25) is 0 Å². The molecule has 0 bridgehead atoms. The van der Waals surface area contributed by atoms with Crippen LogP contribution in [-0.2, 0) is 0 Å². The fraction of sp³-hybridized carbons (Fsp3) is 0. The highest BCUT2D eigenvalue weighted by Gasteiger charge is 2.14. The Labute approximate surface area is 95.0 Å². The Bertz CT molecular complexity index is 694. The number of hydrogen-bond acceptors (Lipinski definition) is 5. The lowest BCUT2D eigenvalue weighted by Crippen LogP contribution is -1.92. The molecule has 1 aliphatic rings. The Kier molecular flexibility index (Phi) is 1.94. The van der Waals surface area contributed by atoms with Crippen LogP contribution in [0.5, 0.6) is 5.88 Å². The van der Waals surface area contributed by atoms with Crippen molar-refractivity contribution >= 4 is 23.7 Å². The Morgan fingerprint density at radius 2 is 2.35 bits per heavy atom. The van der Waals surface area contributed by atoms with E-state index in [4.69, 9.17) is 4.42 Å². The highest BCUT2D eigenvalue weighted by Crippen LogP contribution is 2.30. The van der Waals surface area contributed by atoms with Crippen LogP contribution in [0, 0.1) is 0 Å². The van der Waals surface area contributed by atoms with E-state index in [1.54, 1.807) is 18.5 Å². The molecule has 17 heavy (non-hydrogen) atoms. The molecule has 0 aromatic carbocycles. The van der Waals surface area contributed by atoms with E-state index < -0.39 is 5.76 Å². The average Bonchev–Trinajstić information content (AvgIpc) is 2.85. The van der Waals surface area contributed by atoms with Crippen LogP contribution in [0.1, 0.15) is 11.3 Å². The maximum absolute atomic E-state index is 10.9. The lowest BCUT2D eigenvalue weighted by atomic mass is 10.1. The van der Waals surface area contributed by atoms with Gasteiger partial charge < -0.3 is 9.52 Å². The molecule has 1 aliphatic heterocycles. The minimum absolute atomic E-state index is 0.0770. The summed E-state index contributed by atoms with van der Waals surface area (Å²) in [5.74, 6) is -0.312. The van der Waals surface area contributed by atoms with Gasteiger partial charge in [0.2, 0.25) is 5.88 Å². The van der Waals surface area contributed by atoms with Crippen molar-refractivity contribution in [2.75, 3.05) is 0 Å². The summed E-state index contributed by atoms with van der Waals surface area (Å²) < 4.78 is 4.77. The van der Waals surface area contributed by atoms with Gasteiger partial charge in [-0.2, -0.15) is 0 Å². The summed E-state index contributed by atoms with van der Waals surface area (Å²) >= 11 is 0. The zero-order valence-corrected chi connectivity index (χ0v) is 8.54. The molecule has 0 saturated carbocycles. The zero-order valence-electron chi connectivity index (χ0n) is 8.54. The van der Waals surface area contributed by atoms with E-state index in [9.17, 15) is 9.90 Å². The number of fused-ring (bicyclic) bond motifs is 1. The molecular weight excluding hydrogens is 222 g/mol. The number of aromatic nitrogens is 2. The molecule has 0 amide bonds. The zero-order chi connectivity index (χ0) is 11.8. The fourth-order valence-electron chi connectivity index (χ4n) is 1.61. The van der Waals surface area contributed by atoms with Crippen LogP contribution in [0.4, 0.5) is 5.82 Å². The van der Waals surface area contributed by atoms with Crippen LogP contribution in [0.25, 0.3) is 11.6 Å². The van der Waals surface area contributed by atoms with Gasteiger partial charge in [-0.1, -0.05) is 0 Å². The standard InChI is InChI=1S/C11H7N3O3/c15-10-8(17-11(16)14-10)4-6-5-13-9-7(6)2-1-3-12-9/h1-5,15H,(H,14,16). The Balaban J connectivity index is 2.11. The summed E-state index contributed by atoms with van der Waals surface area (Å²) in [7, 11) is 0. The number of hydrogen-bond donors (Lipinski definition) is 2. The molecule has 0 fully saturated rings. The first kappa shape index (κ1) is 9.59. The van der Waals surface area contributed by atoms with Gasteiger partial charge in [0.15, 0.2) is 11.6 Å². The van der Waals surface area contributed by atoms with Gasteiger partial charge in [0.05, 0.1) is 0 Å². The summed E-state index contributed by atoms with van der Waals surface area (Å²) in [6.45, 7) is 0. The Hall–Kier alpha value is -2.63. The van der Waals surface area contributed by atoms with Gasteiger partial charge in [-0.25, -0.2) is 14.8 Å². The summed E-state index contributed by atoms with van der Waals surface area (Å²) in [6.07, 6.45) is 4.78. The first-order valence-electron chi connectivity index (χ1n) is 4.87. The van der Waals surface area contributed by atoms with Crippen molar-refractivity contribution in [1.29, 1.82) is 0 Å². The number of nitrogens with zero attached hydrogens (tertiary/aromatic N) is 2. The van der Waals surface area contributed by atoms with Gasteiger partial charge in [0, 0.05) is 23.5 Å². The molecule has 3 rings (SSSR count). The third kappa shape index (κ3) is 1.55. The molecular formula is C11H7N3O3. The normalized spacial score (nSPS) is 15.4. The number of pyridine rings is 1. The van der Waals surface area contributed by atoms with Gasteiger partial charge in [0.1, 0.15) is 0 Å². The number of rotatable bonds is 1. The van der Waals surface area contributed by atoms with Crippen molar-refractivity contribution in [3.05, 3.63) is 40.2 Å². The van der Waals surface area contributed by atoms with Crippen molar-refractivity contribution in [1.82, 2.24) is 9.97 Å². The van der Waals surface area contributed by atoms with Crippen molar-refractivity contribution < 1.29 is 9.52 Å². The second-order valence-corrected chi connectivity index (χ2v) is 3.46. The molecule has 2 N–H and O–H groups in total. The van der Waals surface area contributed by atoms with Crippen LogP contribution >= 0.6 is 0 Å². The molecule has 3 heterocycles. The summed E-state index contributed by atoms with van der Waals surface area (Å²) in [6, 6.07) is 3.64. The van der Waals surface area contributed by atoms with E-state index in [2.05, 4.69) is 15.0 Å². The van der Waals surface area contributed by atoms with E-state index in [0.29, 0.717) is 5.82 Å². The monoisotopic (exact) mass is 229 g/mol. The second-order valence-electron chi connectivity index (χ2n) is 3.46. The molecule has 6 nitrogen and oxygen atoms in total. The predicted molar refractivity (Wildman–Crippen MR) is 61.3 cm³/mol. The lowest BCUT2D eigenvalue weighted by Gasteiger charge is -1.96. The first-order valence-corrected chi connectivity index (χ1v) is 4.87. The molecule has 2 aromatic rings. The Morgan fingerprint density at radius 3 is 3.12 bits per heavy atom. The minimum Gasteiger partial charge on any atom is -0.492 e. The second kappa shape index (κ2) is 3.44. The highest BCUT2D eigenvalue weighted by molar-refractivity contribution is 6.20. The molecule has 0 aliphatic carbocycles. The van der Waals surface area contributed by atoms with Crippen LogP contribution < -0.4 is 5.76 Å². The summed E-state index contributed by atoms with van der Waals surface area (Å²) in [4.78, 5) is 21.2. The van der Waals surface area contributed by atoms with Crippen LogP contribution in [0.3, 0.4) is 0 Å². The number of H-pyrrole nitrogens is 1. The van der Waals surface area contributed by atoms with Gasteiger partial charge >= 0.3 is 5.76 Å². The van der Waals surface area contributed by atoms with Crippen molar-refractivity contribution in [2.24, 2.45) is 4.99 Å². The van der Waals surface area contributed by atoms with E-state index in [-0.39, 0.29) is 11.6 Å².